The molecule has 1 aliphatic carbocycles. The molecular weight excluding hydrogens is 306 g/mol. The third kappa shape index (κ3) is 3.83. The van der Waals surface area contributed by atoms with Crippen LogP contribution in [0.2, 0.25) is 0 Å². The Morgan fingerprint density at radius 2 is 1.88 bits per heavy atom. The largest absolute Gasteiger partial charge is 0.466 e. The highest BCUT2D eigenvalue weighted by atomic mass is 16.3. The van der Waals surface area contributed by atoms with Crippen molar-refractivity contribution in [3.63, 3.8) is 0 Å². The number of nitrogens with one attached hydrogen (secondary N) is 3. The van der Waals surface area contributed by atoms with Crippen molar-refractivity contribution in [3.05, 3.63) is 59.0 Å². The van der Waals surface area contributed by atoms with Crippen molar-refractivity contribution in [1.29, 1.82) is 0 Å². The van der Waals surface area contributed by atoms with Gasteiger partial charge in [0.05, 0.1) is 5.56 Å². The molecule has 0 bridgehead atoms. The van der Waals surface area contributed by atoms with Crippen LogP contribution in [0.15, 0.2) is 40.8 Å². The van der Waals surface area contributed by atoms with Crippen molar-refractivity contribution in [1.82, 2.24) is 16.2 Å². The SMILES string of the molecule is Cc1cc(C(=O)NN[C@@H](C(=O)NC2CC2)c2ccccc2)c(C)o1. The smallest absolute Gasteiger partial charge is 0.268 e. The molecule has 1 fully saturated rings. The van der Waals surface area contributed by atoms with Crippen molar-refractivity contribution in [2.24, 2.45) is 0 Å². The van der Waals surface area contributed by atoms with Gasteiger partial charge in [0, 0.05) is 6.04 Å². The summed E-state index contributed by atoms with van der Waals surface area (Å²) in [5.41, 5.74) is 6.71. The van der Waals surface area contributed by atoms with Gasteiger partial charge in [-0.3, -0.25) is 15.0 Å². The molecule has 1 aliphatic rings. The zero-order chi connectivity index (χ0) is 17.1. The first-order valence-electron chi connectivity index (χ1n) is 8.03. The first kappa shape index (κ1) is 16.3. The first-order valence-corrected chi connectivity index (χ1v) is 8.03. The van der Waals surface area contributed by atoms with E-state index in [1.54, 1.807) is 19.9 Å². The van der Waals surface area contributed by atoms with E-state index in [1.807, 2.05) is 30.3 Å². The second-order valence-electron chi connectivity index (χ2n) is 6.05. The average Bonchev–Trinajstić information content (AvgIpc) is 3.30. The molecule has 2 amide bonds. The summed E-state index contributed by atoms with van der Waals surface area (Å²) in [4.78, 5) is 24.8. The summed E-state index contributed by atoms with van der Waals surface area (Å²) in [6.07, 6.45) is 2.01. The number of hydrazine groups is 1. The van der Waals surface area contributed by atoms with E-state index in [4.69, 9.17) is 4.42 Å². The van der Waals surface area contributed by atoms with Crippen LogP contribution in [-0.4, -0.2) is 17.9 Å². The van der Waals surface area contributed by atoms with Crippen LogP contribution in [-0.2, 0) is 4.79 Å². The summed E-state index contributed by atoms with van der Waals surface area (Å²) in [5, 5.41) is 2.96. The fourth-order valence-electron chi connectivity index (χ4n) is 2.52. The highest BCUT2D eigenvalue weighted by Crippen LogP contribution is 2.21. The number of amides is 2. The number of rotatable bonds is 6. The van der Waals surface area contributed by atoms with Crippen LogP contribution in [0.4, 0.5) is 0 Å². The lowest BCUT2D eigenvalue weighted by Gasteiger charge is -2.19. The molecule has 6 heteroatoms. The normalized spacial score (nSPS) is 14.9. The van der Waals surface area contributed by atoms with Crippen LogP contribution < -0.4 is 16.2 Å². The summed E-state index contributed by atoms with van der Waals surface area (Å²) >= 11 is 0. The maximum Gasteiger partial charge on any atom is 0.268 e. The summed E-state index contributed by atoms with van der Waals surface area (Å²) in [7, 11) is 0. The molecule has 6 nitrogen and oxygen atoms in total. The van der Waals surface area contributed by atoms with E-state index in [0.717, 1.165) is 18.4 Å². The number of hydrogen-bond acceptors (Lipinski definition) is 4. The first-order chi connectivity index (χ1) is 11.5. The molecule has 3 rings (SSSR count). The van der Waals surface area contributed by atoms with E-state index in [9.17, 15) is 9.59 Å². The lowest BCUT2D eigenvalue weighted by molar-refractivity contribution is -0.123. The van der Waals surface area contributed by atoms with Crippen LogP contribution in [0.3, 0.4) is 0 Å². The lowest BCUT2D eigenvalue weighted by Crippen LogP contribution is -2.46. The van der Waals surface area contributed by atoms with E-state index in [1.165, 1.54) is 0 Å². The van der Waals surface area contributed by atoms with E-state index >= 15 is 0 Å². The second kappa shape index (κ2) is 6.88. The van der Waals surface area contributed by atoms with Gasteiger partial charge in [-0.15, -0.1) is 0 Å². The van der Waals surface area contributed by atoms with Gasteiger partial charge in [-0.05, 0) is 38.3 Å². The Morgan fingerprint density at radius 3 is 2.46 bits per heavy atom. The van der Waals surface area contributed by atoms with Crippen LogP contribution >= 0.6 is 0 Å². The molecule has 0 unspecified atom stereocenters. The Labute approximate surface area is 140 Å². The van der Waals surface area contributed by atoms with E-state index in [-0.39, 0.29) is 17.9 Å². The molecule has 1 saturated carbocycles. The Morgan fingerprint density at radius 1 is 1.17 bits per heavy atom. The highest BCUT2D eigenvalue weighted by molar-refractivity contribution is 5.95. The topological polar surface area (TPSA) is 83.4 Å². The number of furan rings is 1. The van der Waals surface area contributed by atoms with E-state index in [2.05, 4.69) is 16.2 Å². The minimum Gasteiger partial charge on any atom is -0.466 e. The summed E-state index contributed by atoms with van der Waals surface area (Å²) in [6.45, 7) is 3.52. The van der Waals surface area contributed by atoms with E-state index in [0.29, 0.717) is 17.1 Å². The zero-order valence-corrected chi connectivity index (χ0v) is 13.8. The van der Waals surface area contributed by atoms with Crippen molar-refractivity contribution in [2.45, 2.75) is 38.8 Å². The number of carbonyl (C=O) groups is 2. The molecule has 0 radical (unpaired) electrons. The van der Waals surface area contributed by atoms with Gasteiger partial charge in [0.25, 0.3) is 5.91 Å². The van der Waals surface area contributed by atoms with Crippen LogP contribution in [0, 0.1) is 13.8 Å². The second-order valence-corrected chi connectivity index (χ2v) is 6.05. The Balaban J connectivity index is 1.70. The third-order valence-corrected chi connectivity index (χ3v) is 3.93. The Kier molecular flexibility index (Phi) is 4.66. The average molecular weight is 327 g/mol. The van der Waals surface area contributed by atoms with Crippen molar-refractivity contribution in [3.8, 4) is 0 Å². The molecule has 0 aliphatic heterocycles. The maximum absolute atomic E-state index is 12.5. The molecule has 0 spiro atoms. The molecule has 1 aromatic carbocycles. The van der Waals surface area contributed by atoms with Gasteiger partial charge >= 0.3 is 0 Å². The fourth-order valence-corrected chi connectivity index (χ4v) is 2.52. The van der Waals surface area contributed by atoms with Gasteiger partial charge in [-0.2, -0.15) is 0 Å². The quantitative estimate of drug-likeness (QED) is 0.710. The Hall–Kier alpha value is -2.60. The fraction of sp³-hybridized carbons (Fsp3) is 0.333. The standard InChI is InChI=1S/C18H21N3O3/c1-11-10-15(12(2)24-11)17(22)21-20-16(13-6-4-3-5-7-13)18(23)19-14-8-9-14/h3-7,10,14,16,20H,8-9H2,1-2H3,(H,19,23)(H,21,22)/t16-/m1/s1. The van der Waals surface area contributed by atoms with Crippen LogP contribution in [0.1, 0.15) is 46.3 Å². The summed E-state index contributed by atoms with van der Waals surface area (Å²) < 4.78 is 5.37. The number of hydrogen-bond donors (Lipinski definition) is 3. The van der Waals surface area contributed by atoms with Gasteiger partial charge in [0.1, 0.15) is 17.6 Å². The third-order valence-electron chi connectivity index (χ3n) is 3.93. The van der Waals surface area contributed by atoms with Crippen molar-refractivity contribution >= 4 is 11.8 Å². The molecule has 2 aromatic rings. The maximum atomic E-state index is 12.5. The zero-order valence-electron chi connectivity index (χ0n) is 13.8. The van der Waals surface area contributed by atoms with Gasteiger partial charge in [-0.1, -0.05) is 30.3 Å². The van der Waals surface area contributed by atoms with Gasteiger partial charge in [0.15, 0.2) is 0 Å². The molecular formula is C18H21N3O3. The summed E-state index contributed by atoms with van der Waals surface area (Å²) in [5.74, 6) is 0.739. The molecule has 1 heterocycles. The van der Waals surface area contributed by atoms with E-state index < -0.39 is 6.04 Å². The molecule has 0 saturated heterocycles. The highest BCUT2D eigenvalue weighted by Gasteiger charge is 2.28. The summed E-state index contributed by atoms with van der Waals surface area (Å²) in [6, 6.07) is 10.6. The minimum atomic E-state index is -0.649. The minimum absolute atomic E-state index is 0.149. The monoisotopic (exact) mass is 327 g/mol. The molecule has 126 valence electrons. The predicted molar refractivity (Wildman–Crippen MR) is 89.1 cm³/mol. The van der Waals surface area contributed by atoms with Gasteiger partial charge in [-0.25, -0.2) is 5.43 Å². The van der Waals surface area contributed by atoms with Crippen LogP contribution in [0.5, 0.6) is 0 Å². The van der Waals surface area contributed by atoms with Crippen molar-refractivity contribution in [2.75, 3.05) is 0 Å². The van der Waals surface area contributed by atoms with Crippen molar-refractivity contribution < 1.29 is 14.0 Å². The number of aryl methyl sites for hydroxylation is 2. The van der Waals surface area contributed by atoms with Gasteiger partial charge in [0.2, 0.25) is 5.91 Å². The molecule has 24 heavy (non-hydrogen) atoms. The molecule has 1 atom stereocenters. The Bertz CT molecular complexity index is 735. The van der Waals surface area contributed by atoms with Gasteiger partial charge < -0.3 is 9.73 Å². The molecule has 3 N–H and O–H groups in total. The molecule has 1 aromatic heterocycles. The van der Waals surface area contributed by atoms with Crippen LogP contribution in [0.25, 0.3) is 0 Å². The number of carbonyl (C=O) groups excluding carboxylic acids is 2. The number of benzene rings is 1. The lowest BCUT2D eigenvalue weighted by atomic mass is 10.1. The predicted octanol–water partition coefficient (Wildman–Crippen LogP) is 2.15.